The number of aromatic nitrogens is 1. The molecule has 0 amide bonds. The van der Waals surface area contributed by atoms with Crippen molar-refractivity contribution in [1.29, 1.82) is 0 Å². The summed E-state index contributed by atoms with van der Waals surface area (Å²) < 4.78 is 5.76. The molecule has 0 aromatic carbocycles. The van der Waals surface area contributed by atoms with Crippen LogP contribution in [-0.2, 0) is 12.8 Å². The predicted octanol–water partition coefficient (Wildman–Crippen LogP) is 2.38. The van der Waals surface area contributed by atoms with Crippen molar-refractivity contribution in [3.63, 3.8) is 0 Å². The Balaban J connectivity index is 2.27. The lowest BCUT2D eigenvalue weighted by atomic mass is 9.95. The van der Waals surface area contributed by atoms with Gasteiger partial charge in [-0.3, -0.25) is 0 Å². The van der Waals surface area contributed by atoms with Crippen LogP contribution in [0.1, 0.15) is 48.3 Å². The monoisotopic (exact) mass is 292 g/mol. The van der Waals surface area contributed by atoms with Gasteiger partial charge in [-0.2, -0.15) is 0 Å². The molecule has 0 bridgehead atoms. The van der Waals surface area contributed by atoms with Crippen LogP contribution in [0, 0.1) is 0 Å². The largest absolute Gasteiger partial charge is 0.477 e. The van der Waals surface area contributed by atoms with Gasteiger partial charge in [0.1, 0.15) is 12.2 Å². The molecule has 1 aliphatic carbocycles. The van der Waals surface area contributed by atoms with Gasteiger partial charge in [-0.1, -0.05) is 0 Å². The Hall–Kier alpha value is -1.62. The second-order valence-corrected chi connectivity index (χ2v) is 6.45. The van der Waals surface area contributed by atoms with Crippen LogP contribution < -0.4 is 4.74 Å². The number of carboxylic acid groups (broad SMARTS) is 1. The highest BCUT2D eigenvalue weighted by atomic mass is 16.5. The topological polar surface area (TPSA) is 62.7 Å². The zero-order valence-electron chi connectivity index (χ0n) is 13.3. The van der Waals surface area contributed by atoms with Crippen molar-refractivity contribution in [3.05, 3.63) is 22.9 Å². The lowest BCUT2D eigenvalue weighted by Gasteiger charge is -2.32. The van der Waals surface area contributed by atoms with Crippen molar-refractivity contribution in [3.8, 4) is 5.88 Å². The van der Waals surface area contributed by atoms with Crippen LogP contribution in [0.2, 0.25) is 0 Å². The number of fused-ring (bicyclic) bond motifs is 1. The van der Waals surface area contributed by atoms with Crippen LogP contribution in [0.4, 0.5) is 0 Å². The fourth-order valence-corrected chi connectivity index (χ4v) is 2.25. The number of rotatable bonds is 5. The minimum Gasteiger partial charge on any atom is -0.477 e. The van der Waals surface area contributed by atoms with E-state index in [2.05, 4.69) is 4.98 Å². The van der Waals surface area contributed by atoms with Crippen molar-refractivity contribution in [2.75, 3.05) is 20.7 Å². The van der Waals surface area contributed by atoms with Crippen LogP contribution in [-0.4, -0.2) is 47.2 Å². The molecule has 1 heterocycles. The Kier molecular flexibility index (Phi) is 4.52. The summed E-state index contributed by atoms with van der Waals surface area (Å²) in [6, 6.07) is 1.74. The zero-order valence-corrected chi connectivity index (χ0v) is 13.3. The van der Waals surface area contributed by atoms with Crippen molar-refractivity contribution < 1.29 is 14.6 Å². The van der Waals surface area contributed by atoms with Gasteiger partial charge in [-0.05, 0) is 65.3 Å². The maximum absolute atomic E-state index is 11.4. The lowest BCUT2D eigenvalue weighted by Crippen LogP contribution is -2.43. The molecule has 0 unspecified atom stereocenters. The Labute approximate surface area is 125 Å². The molecule has 1 aromatic heterocycles. The molecule has 5 heteroatoms. The summed E-state index contributed by atoms with van der Waals surface area (Å²) in [5.74, 6) is -0.730. The molecular formula is C16H24N2O3. The van der Waals surface area contributed by atoms with Crippen molar-refractivity contribution in [1.82, 2.24) is 9.88 Å². The molecular weight excluding hydrogens is 268 g/mol. The first-order valence-corrected chi connectivity index (χ1v) is 7.37. The first-order chi connectivity index (χ1) is 9.81. The Morgan fingerprint density at radius 3 is 2.67 bits per heavy atom. The second-order valence-electron chi connectivity index (χ2n) is 6.45. The van der Waals surface area contributed by atoms with Gasteiger partial charge in [0, 0.05) is 11.2 Å². The molecule has 116 valence electrons. The van der Waals surface area contributed by atoms with E-state index in [1.54, 1.807) is 6.07 Å². The smallest absolute Gasteiger partial charge is 0.341 e. The van der Waals surface area contributed by atoms with Gasteiger partial charge in [0.05, 0.1) is 0 Å². The summed E-state index contributed by atoms with van der Waals surface area (Å²) in [6.45, 7) is 4.49. The quantitative estimate of drug-likeness (QED) is 0.902. The molecule has 0 spiro atoms. The minimum absolute atomic E-state index is 0.171. The molecule has 2 rings (SSSR count). The summed E-state index contributed by atoms with van der Waals surface area (Å²) >= 11 is 0. The van der Waals surface area contributed by atoms with Gasteiger partial charge >= 0.3 is 5.97 Å². The molecule has 21 heavy (non-hydrogen) atoms. The average Bonchev–Trinajstić information content (AvgIpc) is 2.43. The van der Waals surface area contributed by atoms with E-state index in [0.717, 1.165) is 36.9 Å². The highest BCUT2D eigenvalue weighted by Crippen LogP contribution is 2.27. The van der Waals surface area contributed by atoms with Gasteiger partial charge in [0.15, 0.2) is 0 Å². The second kappa shape index (κ2) is 6.02. The number of nitrogens with zero attached hydrogens (tertiary/aromatic N) is 2. The van der Waals surface area contributed by atoms with Gasteiger partial charge in [-0.15, -0.1) is 0 Å². The van der Waals surface area contributed by atoms with Gasteiger partial charge in [0.2, 0.25) is 5.88 Å². The van der Waals surface area contributed by atoms with Crippen LogP contribution in [0.3, 0.4) is 0 Å². The summed E-state index contributed by atoms with van der Waals surface area (Å²) in [5.41, 5.74) is 2.03. The summed E-state index contributed by atoms with van der Waals surface area (Å²) in [5, 5.41) is 9.38. The van der Waals surface area contributed by atoms with E-state index in [0.29, 0.717) is 6.61 Å². The molecule has 0 fully saturated rings. The number of hydrogen-bond acceptors (Lipinski definition) is 4. The van der Waals surface area contributed by atoms with E-state index < -0.39 is 5.97 Å². The first kappa shape index (κ1) is 15.8. The van der Waals surface area contributed by atoms with Crippen LogP contribution in [0.25, 0.3) is 0 Å². The molecule has 0 saturated heterocycles. The van der Waals surface area contributed by atoms with E-state index in [1.807, 2.05) is 32.8 Å². The van der Waals surface area contributed by atoms with E-state index in [4.69, 9.17) is 4.74 Å². The van der Waals surface area contributed by atoms with Gasteiger partial charge < -0.3 is 14.7 Å². The van der Waals surface area contributed by atoms with Gasteiger partial charge in [-0.25, -0.2) is 9.78 Å². The standard InChI is InChI=1S/C16H24N2O3/c1-16(2,18(3)4)10-21-14-12(15(19)20)9-11-7-5-6-8-13(11)17-14/h9H,5-8,10H2,1-4H3,(H,19,20). The number of ether oxygens (including phenoxy) is 1. The van der Waals surface area contributed by atoms with E-state index >= 15 is 0 Å². The van der Waals surface area contributed by atoms with Crippen molar-refractivity contribution in [2.45, 2.75) is 45.1 Å². The maximum atomic E-state index is 11.4. The average molecular weight is 292 g/mol. The van der Waals surface area contributed by atoms with Crippen LogP contribution in [0.15, 0.2) is 6.07 Å². The van der Waals surface area contributed by atoms with E-state index in [9.17, 15) is 9.90 Å². The number of carbonyl (C=O) groups is 1. The first-order valence-electron chi connectivity index (χ1n) is 7.37. The SMILES string of the molecule is CN(C)C(C)(C)COc1nc2c(cc1C(=O)O)CCCC2. The van der Waals surface area contributed by atoms with Crippen molar-refractivity contribution in [2.24, 2.45) is 0 Å². The molecule has 0 radical (unpaired) electrons. The number of carboxylic acids is 1. The normalized spacial score (nSPS) is 14.9. The molecule has 0 saturated carbocycles. The van der Waals surface area contributed by atoms with Crippen LogP contribution in [0.5, 0.6) is 5.88 Å². The number of aryl methyl sites for hydroxylation is 2. The summed E-state index contributed by atoms with van der Waals surface area (Å²) in [7, 11) is 3.95. The summed E-state index contributed by atoms with van der Waals surface area (Å²) in [4.78, 5) is 18.0. The highest BCUT2D eigenvalue weighted by molar-refractivity contribution is 5.90. The lowest BCUT2D eigenvalue weighted by molar-refractivity contribution is 0.0681. The van der Waals surface area contributed by atoms with Gasteiger partial charge in [0.25, 0.3) is 0 Å². The highest BCUT2D eigenvalue weighted by Gasteiger charge is 2.25. The fourth-order valence-electron chi connectivity index (χ4n) is 2.25. The number of aromatic carboxylic acids is 1. The Bertz CT molecular complexity index is 539. The third-order valence-electron chi connectivity index (χ3n) is 4.27. The third kappa shape index (κ3) is 3.53. The molecule has 1 aliphatic rings. The predicted molar refractivity (Wildman–Crippen MR) is 81.1 cm³/mol. The fraction of sp³-hybridized carbons (Fsp3) is 0.625. The molecule has 1 N–H and O–H groups in total. The number of hydrogen-bond donors (Lipinski definition) is 1. The molecule has 1 aromatic rings. The molecule has 0 aliphatic heterocycles. The molecule has 0 atom stereocenters. The van der Waals surface area contributed by atoms with Crippen molar-refractivity contribution >= 4 is 5.97 Å². The maximum Gasteiger partial charge on any atom is 0.341 e. The Morgan fingerprint density at radius 1 is 1.38 bits per heavy atom. The number of likely N-dealkylation sites (N-methyl/N-ethyl adjacent to an activating group) is 1. The third-order valence-corrected chi connectivity index (χ3v) is 4.27. The van der Waals surface area contributed by atoms with E-state index in [1.165, 1.54) is 0 Å². The zero-order chi connectivity index (χ0) is 15.6. The van der Waals surface area contributed by atoms with E-state index in [-0.39, 0.29) is 17.0 Å². The number of pyridine rings is 1. The molecule has 5 nitrogen and oxygen atoms in total. The van der Waals surface area contributed by atoms with Crippen LogP contribution >= 0.6 is 0 Å². The minimum atomic E-state index is -0.978. The Morgan fingerprint density at radius 2 is 2.05 bits per heavy atom. The summed E-state index contributed by atoms with van der Waals surface area (Å²) in [6.07, 6.45) is 4.02.